The van der Waals surface area contributed by atoms with Gasteiger partial charge in [-0.05, 0) is 29.8 Å². The Morgan fingerprint density at radius 3 is 2.73 bits per heavy atom. The molecule has 1 aliphatic rings. The van der Waals surface area contributed by atoms with Crippen LogP contribution in [0, 0.1) is 16.8 Å². The highest BCUT2D eigenvalue weighted by Gasteiger charge is 2.31. The average Bonchev–Trinajstić information content (AvgIpc) is 2.61. The van der Waals surface area contributed by atoms with Gasteiger partial charge in [-0.25, -0.2) is 8.78 Å². The van der Waals surface area contributed by atoms with E-state index in [1.807, 2.05) is 0 Å². The molecule has 2 aromatic carbocycles. The number of carbonyl (C=O) groups is 1. The van der Waals surface area contributed by atoms with Crippen LogP contribution in [0.25, 0.3) is 11.3 Å². The monoisotopic (exact) mass is 372 g/mol. The van der Waals surface area contributed by atoms with Crippen LogP contribution in [0.3, 0.4) is 0 Å². The number of rotatable bonds is 2. The van der Waals surface area contributed by atoms with E-state index in [4.69, 9.17) is 11.6 Å². The third kappa shape index (κ3) is 2.50. The van der Waals surface area contributed by atoms with E-state index in [2.05, 4.69) is 5.32 Å². The number of nitrogens with zero attached hydrogens (tertiary/aromatic N) is 1. The van der Waals surface area contributed by atoms with Crippen molar-refractivity contribution in [1.29, 1.82) is 0 Å². The third-order valence-electron chi connectivity index (χ3n) is 4.32. The second-order valence-corrected chi connectivity index (χ2v) is 6.27. The smallest absolute Gasteiger partial charge is 0.251 e. The van der Waals surface area contributed by atoms with Gasteiger partial charge in [0.2, 0.25) is 0 Å². The maximum atomic E-state index is 14.4. The van der Waals surface area contributed by atoms with E-state index in [9.17, 15) is 18.8 Å². The fourth-order valence-electron chi connectivity index (χ4n) is 3.12. The summed E-state index contributed by atoms with van der Waals surface area (Å²) < 4.78 is 28.1. The molecule has 4 nitrogen and oxygen atoms in total. The summed E-state index contributed by atoms with van der Waals surface area (Å²) in [5, 5.41) is 15.3. The number of hydrogen-bond donors (Lipinski definition) is 1. The molecule has 2 heterocycles. The van der Waals surface area contributed by atoms with Crippen LogP contribution in [0.15, 0.2) is 48.7 Å². The summed E-state index contributed by atoms with van der Waals surface area (Å²) in [6.45, 7) is 0.265. The van der Waals surface area contributed by atoms with Crippen molar-refractivity contribution in [2.24, 2.45) is 0 Å². The topological polar surface area (TPSA) is 56.0 Å². The molecule has 3 aromatic rings. The minimum absolute atomic E-state index is 0.0356. The predicted molar refractivity (Wildman–Crippen MR) is 93.0 cm³/mol. The van der Waals surface area contributed by atoms with E-state index in [1.54, 1.807) is 12.1 Å². The van der Waals surface area contributed by atoms with E-state index < -0.39 is 17.4 Å². The third-order valence-corrected chi connectivity index (χ3v) is 4.63. The fraction of sp³-hybridized carbons (Fsp3) is 0.0526. The molecule has 1 aliphatic heterocycles. The number of ketones is 1. The van der Waals surface area contributed by atoms with Crippen molar-refractivity contribution >= 4 is 23.1 Å². The van der Waals surface area contributed by atoms with Gasteiger partial charge in [0.1, 0.15) is 17.3 Å². The summed E-state index contributed by atoms with van der Waals surface area (Å²) in [7, 11) is 0. The molecule has 0 unspecified atom stereocenters. The normalized spacial score (nSPS) is 12.1. The number of pyridine rings is 1. The molecule has 4 rings (SSSR count). The van der Waals surface area contributed by atoms with Gasteiger partial charge in [-0.1, -0.05) is 23.7 Å². The molecular formula is C19H11ClF2N2O2. The molecule has 7 heteroatoms. The highest BCUT2D eigenvalue weighted by Crippen LogP contribution is 2.37. The molecule has 0 spiro atoms. The molecule has 26 heavy (non-hydrogen) atoms. The lowest BCUT2D eigenvalue weighted by Crippen LogP contribution is -2.33. The standard InChI is InChI=1S/C19H11ClF2N2O2/c20-14-8-11(21)4-5-12(14)19(25)13-6-7-24(26)18-16-10(9-23-17(13)18)2-1-3-15(16)22/h1-8,23H,9H2. The first-order chi connectivity index (χ1) is 12.5. The first-order valence-corrected chi connectivity index (χ1v) is 8.12. The number of carbonyl (C=O) groups excluding carboxylic acids is 1. The second kappa shape index (κ2) is 6.07. The molecule has 0 saturated carbocycles. The zero-order chi connectivity index (χ0) is 18.4. The average molecular weight is 373 g/mol. The number of aromatic nitrogens is 1. The maximum absolute atomic E-state index is 14.4. The van der Waals surface area contributed by atoms with Gasteiger partial charge in [-0.2, -0.15) is 4.73 Å². The maximum Gasteiger partial charge on any atom is 0.251 e. The van der Waals surface area contributed by atoms with Gasteiger partial charge in [0.05, 0.1) is 16.1 Å². The molecule has 1 N–H and O–H groups in total. The Kier molecular flexibility index (Phi) is 3.85. The van der Waals surface area contributed by atoms with E-state index in [1.165, 1.54) is 18.2 Å². The lowest BCUT2D eigenvalue weighted by Gasteiger charge is -2.22. The molecule has 130 valence electrons. The highest BCUT2D eigenvalue weighted by atomic mass is 35.5. The molecule has 0 amide bonds. The largest absolute Gasteiger partial charge is 0.618 e. The highest BCUT2D eigenvalue weighted by molar-refractivity contribution is 6.35. The Hall–Kier alpha value is -2.99. The molecule has 0 fully saturated rings. The van der Waals surface area contributed by atoms with Crippen LogP contribution in [0.2, 0.25) is 5.02 Å². The SMILES string of the molecule is O=C(c1ccc(F)cc1Cl)c1cc[n+]([O-])c2c1NCc1cccc(F)c1-2. The van der Waals surface area contributed by atoms with E-state index in [-0.39, 0.29) is 39.6 Å². The van der Waals surface area contributed by atoms with Crippen molar-refractivity contribution < 1.29 is 18.3 Å². The van der Waals surface area contributed by atoms with E-state index >= 15 is 0 Å². The zero-order valence-electron chi connectivity index (χ0n) is 13.2. The van der Waals surface area contributed by atoms with Crippen LogP contribution in [0.4, 0.5) is 14.5 Å². The first kappa shape index (κ1) is 16.5. The quantitative estimate of drug-likeness (QED) is 0.419. The molecular weight excluding hydrogens is 362 g/mol. The lowest BCUT2D eigenvalue weighted by atomic mass is 9.93. The first-order valence-electron chi connectivity index (χ1n) is 7.75. The van der Waals surface area contributed by atoms with Gasteiger partial charge in [0, 0.05) is 18.2 Å². The lowest BCUT2D eigenvalue weighted by molar-refractivity contribution is -0.593. The molecule has 0 saturated heterocycles. The minimum Gasteiger partial charge on any atom is -0.618 e. The number of halogens is 3. The Morgan fingerprint density at radius 1 is 1.15 bits per heavy atom. The Labute approximate surface area is 152 Å². The Balaban J connectivity index is 1.93. The number of nitrogens with one attached hydrogen (secondary N) is 1. The summed E-state index contributed by atoms with van der Waals surface area (Å²) in [4.78, 5) is 12.9. The van der Waals surface area contributed by atoms with Crippen LogP contribution in [0.5, 0.6) is 0 Å². The predicted octanol–water partition coefficient (Wildman–Crippen LogP) is 4.08. The summed E-state index contributed by atoms with van der Waals surface area (Å²) in [5.74, 6) is -1.59. The van der Waals surface area contributed by atoms with Crippen LogP contribution in [-0.2, 0) is 6.54 Å². The molecule has 0 atom stereocenters. The minimum atomic E-state index is -0.562. The van der Waals surface area contributed by atoms with Crippen LogP contribution in [-0.4, -0.2) is 5.78 Å². The van der Waals surface area contributed by atoms with Gasteiger partial charge in [0.25, 0.3) is 5.69 Å². The number of hydrogen-bond acceptors (Lipinski definition) is 3. The summed E-state index contributed by atoms with van der Waals surface area (Å²) in [6.07, 6.45) is 1.15. The van der Waals surface area contributed by atoms with Crippen molar-refractivity contribution in [1.82, 2.24) is 0 Å². The van der Waals surface area contributed by atoms with Gasteiger partial charge in [0.15, 0.2) is 12.0 Å². The fourth-order valence-corrected chi connectivity index (χ4v) is 3.38. The molecule has 1 aromatic heterocycles. The van der Waals surface area contributed by atoms with Crippen molar-refractivity contribution in [2.75, 3.05) is 5.32 Å². The summed E-state index contributed by atoms with van der Waals surface area (Å²) in [5.41, 5.74) is 1.30. The van der Waals surface area contributed by atoms with Crippen LogP contribution in [0.1, 0.15) is 21.5 Å². The summed E-state index contributed by atoms with van der Waals surface area (Å²) in [6, 6.07) is 9.32. The van der Waals surface area contributed by atoms with Crippen molar-refractivity contribution in [2.45, 2.75) is 6.54 Å². The van der Waals surface area contributed by atoms with Gasteiger partial charge < -0.3 is 10.5 Å². The van der Waals surface area contributed by atoms with Gasteiger partial charge in [-0.3, -0.25) is 4.79 Å². The Bertz CT molecular complexity index is 1070. The van der Waals surface area contributed by atoms with Crippen molar-refractivity contribution in [3.63, 3.8) is 0 Å². The van der Waals surface area contributed by atoms with E-state index in [0.29, 0.717) is 10.3 Å². The van der Waals surface area contributed by atoms with Crippen molar-refractivity contribution in [3.05, 3.63) is 87.2 Å². The number of benzene rings is 2. The van der Waals surface area contributed by atoms with Gasteiger partial charge in [-0.15, -0.1) is 0 Å². The van der Waals surface area contributed by atoms with Crippen LogP contribution < -0.4 is 10.0 Å². The van der Waals surface area contributed by atoms with Crippen LogP contribution >= 0.6 is 11.6 Å². The van der Waals surface area contributed by atoms with Gasteiger partial charge >= 0.3 is 0 Å². The molecule has 0 bridgehead atoms. The molecule has 0 radical (unpaired) electrons. The summed E-state index contributed by atoms with van der Waals surface area (Å²) >= 11 is 5.99. The second-order valence-electron chi connectivity index (χ2n) is 5.86. The number of fused-ring (bicyclic) bond motifs is 3. The molecule has 0 aliphatic carbocycles. The van der Waals surface area contributed by atoms with Crippen molar-refractivity contribution in [3.8, 4) is 11.3 Å². The van der Waals surface area contributed by atoms with E-state index in [0.717, 1.165) is 18.3 Å². The number of anilines is 1. The Morgan fingerprint density at radius 2 is 1.96 bits per heavy atom. The zero-order valence-corrected chi connectivity index (χ0v) is 14.0.